The molecule has 6 nitrogen and oxygen atoms in total. The number of Topliss-reactive ketones (excluding diaryl/α,β-unsaturated/α-hetero) is 1. The Labute approximate surface area is 170 Å². The average molecular weight is 391 g/mol. The van der Waals surface area contributed by atoms with E-state index >= 15 is 0 Å². The van der Waals surface area contributed by atoms with E-state index in [4.69, 9.17) is 9.84 Å². The van der Waals surface area contributed by atoms with Gasteiger partial charge in [0.05, 0.1) is 23.6 Å². The Morgan fingerprint density at radius 1 is 1.21 bits per heavy atom. The zero-order valence-corrected chi connectivity index (χ0v) is 16.7. The van der Waals surface area contributed by atoms with Gasteiger partial charge in [-0.2, -0.15) is 0 Å². The van der Waals surface area contributed by atoms with Crippen molar-refractivity contribution in [3.63, 3.8) is 0 Å². The lowest BCUT2D eigenvalue weighted by Gasteiger charge is -2.28. The molecule has 0 spiro atoms. The van der Waals surface area contributed by atoms with E-state index in [0.717, 1.165) is 40.3 Å². The molecule has 0 aliphatic heterocycles. The quantitative estimate of drug-likeness (QED) is 0.582. The van der Waals surface area contributed by atoms with Gasteiger partial charge in [0.25, 0.3) is 0 Å². The lowest BCUT2D eigenvalue weighted by Crippen LogP contribution is -2.26. The lowest BCUT2D eigenvalue weighted by atomic mass is 9.76. The molecule has 150 valence electrons. The maximum Gasteiger partial charge on any atom is 0.167 e. The topological polar surface area (TPSA) is 87.2 Å². The van der Waals surface area contributed by atoms with E-state index in [-0.39, 0.29) is 24.4 Å². The van der Waals surface area contributed by atoms with E-state index in [1.165, 1.54) is 0 Å². The molecule has 0 radical (unpaired) electrons. The number of ketones is 1. The summed E-state index contributed by atoms with van der Waals surface area (Å²) in [7, 11) is 0. The van der Waals surface area contributed by atoms with Gasteiger partial charge in [-0.05, 0) is 36.1 Å². The molecule has 6 heteroatoms. The summed E-state index contributed by atoms with van der Waals surface area (Å²) in [5.41, 5.74) is 5.08. The average Bonchev–Trinajstić information content (AvgIpc) is 3.04. The Morgan fingerprint density at radius 2 is 2.00 bits per heavy atom. The Balaban J connectivity index is 1.78. The Morgan fingerprint density at radius 3 is 2.76 bits per heavy atom. The molecular formula is C23H25N3O3. The summed E-state index contributed by atoms with van der Waals surface area (Å²) in [5, 5.41) is 12.4. The van der Waals surface area contributed by atoms with Crippen LogP contribution in [0.15, 0.2) is 48.8 Å². The van der Waals surface area contributed by atoms with Crippen LogP contribution in [0.1, 0.15) is 36.3 Å². The van der Waals surface area contributed by atoms with Gasteiger partial charge < -0.3 is 20.1 Å². The first-order chi connectivity index (χ1) is 14.0. The number of H-pyrrole nitrogens is 1. The third kappa shape index (κ3) is 4.03. The number of hydrogen-bond acceptors (Lipinski definition) is 5. The normalized spacial score (nSPS) is 15.1. The molecule has 0 atom stereocenters. The second-order valence-electron chi connectivity index (χ2n) is 8.13. The van der Waals surface area contributed by atoms with Crippen molar-refractivity contribution in [3.8, 4) is 17.0 Å². The largest absolute Gasteiger partial charge is 0.491 e. The van der Waals surface area contributed by atoms with Gasteiger partial charge in [0.15, 0.2) is 5.78 Å². The van der Waals surface area contributed by atoms with E-state index in [1.54, 1.807) is 12.4 Å². The van der Waals surface area contributed by atoms with Crippen LogP contribution in [0.5, 0.6) is 5.75 Å². The van der Waals surface area contributed by atoms with Gasteiger partial charge in [-0.3, -0.25) is 9.78 Å². The monoisotopic (exact) mass is 391 g/mol. The fourth-order valence-electron chi connectivity index (χ4n) is 3.89. The molecule has 0 fully saturated rings. The molecule has 29 heavy (non-hydrogen) atoms. The van der Waals surface area contributed by atoms with Crippen LogP contribution in [-0.2, 0) is 6.42 Å². The van der Waals surface area contributed by atoms with Gasteiger partial charge in [-0.1, -0.05) is 19.9 Å². The smallest absolute Gasteiger partial charge is 0.167 e. The van der Waals surface area contributed by atoms with Crippen molar-refractivity contribution in [1.29, 1.82) is 0 Å². The zero-order chi connectivity index (χ0) is 20.4. The van der Waals surface area contributed by atoms with Crippen LogP contribution in [-0.4, -0.2) is 34.1 Å². The zero-order valence-electron chi connectivity index (χ0n) is 16.7. The van der Waals surface area contributed by atoms with E-state index < -0.39 is 0 Å². The molecule has 0 saturated heterocycles. The number of aromatic nitrogens is 2. The van der Waals surface area contributed by atoms with Crippen LogP contribution in [0, 0.1) is 5.41 Å². The maximum absolute atomic E-state index is 13.0. The molecule has 0 saturated carbocycles. The molecule has 0 bridgehead atoms. The highest BCUT2D eigenvalue weighted by Gasteiger charge is 2.35. The molecule has 1 aliphatic rings. The third-order valence-electron chi connectivity index (χ3n) is 5.08. The van der Waals surface area contributed by atoms with Gasteiger partial charge in [-0.25, -0.2) is 0 Å². The van der Waals surface area contributed by atoms with Crippen LogP contribution in [0.2, 0.25) is 0 Å². The van der Waals surface area contributed by atoms with Crippen molar-refractivity contribution in [2.45, 2.75) is 26.7 Å². The SMILES string of the molecule is CC1(C)CC(=O)c2c([nH]c(-c3ccncc3)c2Nc2cccc(OCCO)c2)C1. The molecule has 1 aliphatic carbocycles. The van der Waals surface area contributed by atoms with E-state index in [0.29, 0.717) is 12.2 Å². The van der Waals surface area contributed by atoms with Crippen LogP contribution in [0.4, 0.5) is 11.4 Å². The summed E-state index contributed by atoms with van der Waals surface area (Å²) in [6.07, 6.45) is 4.82. The highest BCUT2D eigenvalue weighted by molar-refractivity contribution is 6.07. The number of aliphatic hydroxyl groups excluding tert-OH is 1. The van der Waals surface area contributed by atoms with Crippen molar-refractivity contribution < 1.29 is 14.6 Å². The Bertz CT molecular complexity index is 1030. The number of pyridine rings is 1. The van der Waals surface area contributed by atoms with Crippen molar-refractivity contribution in [1.82, 2.24) is 9.97 Å². The second-order valence-corrected chi connectivity index (χ2v) is 8.13. The molecule has 2 heterocycles. The first-order valence-corrected chi connectivity index (χ1v) is 9.76. The number of aromatic amines is 1. The summed E-state index contributed by atoms with van der Waals surface area (Å²) in [6, 6.07) is 11.4. The number of nitrogens with zero attached hydrogens (tertiary/aromatic N) is 1. The van der Waals surface area contributed by atoms with Crippen molar-refractivity contribution in [3.05, 3.63) is 60.0 Å². The number of fused-ring (bicyclic) bond motifs is 1. The predicted octanol–water partition coefficient (Wildman–Crippen LogP) is 4.35. The van der Waals surface area contributed by atoms with E-state index in [2.05, 4.69) is 29.1 Å². The van der Waals surface area contributed by atoms with Crippen LogP contribution in [0.25, 0.3) is 11.3 Å². The number of aliphatic hydroxyl groups is 1. The fraction of sp³-hybridized carbons (Fsp3) is 0.304. The molecule has 0 unspecified atom stereocenters. The van der Waals surface area contributed by atoms with Crippen LogP contribution in [0.3, 0.4) is 0 Å². The number of hydrogen-bond donors (Lipinski definition) is 3. The number of ether oxygens (including phenoxy) is 1. The minimum Gasteiger partial charge on any atom is -0.491 e. The molecule has 4 rings (SSSR count). The van der Waals surface area contributed by atoms with Crippen LogP contribution < -0.4 is 10.1 Å². The molecule has 3 aromatic rings. The summed E-state index contributed by atoms with van der Waals surface area (Å²) in [4.78, 5) is 20.6. The molecule has 0 amide bonds. The summed E-state index contributed by atoms with van der Waals surface area (Å²) < 4.78 is 5.52. The fourth-order valence-corrected chi connectivity index (χ4v) is 3.89. The van der Waals surface area contributed by atoms with E-state index in [1.807, 2.05) is 36.4 Å². The number of anilines is 2. The first kappa shape index (κ1) is 19.2. The van der Waals surface area contributed by atoms with Crippen LogP contribution >= 0.6 is 0 Å². The minimum atomic E-state index is -0.0697. The molecular weight excluding hydrogens is 366 g/mol. The number of rotatable bonds is 6. The van der Waals surface area contributed by atoms with Crippen molar-refractivity contribution in [2.75, 3.05) is 18.5 Å². The van der Waals surface area contributed by atoms with Gasteiger partial charge in [0.1, 0.15) is 12.4 Å². The lowest BCUT2D eigenvalue weighted by molar-refractivity contribution is 0.0912. The molecule has 3 N–H and O–H groups in total. The number of nitrogens with one attached hydrogen (secondary N) is 2. The summed E-state index contributed by atoms with van der Waals surface area (Å²) in [6.45, 7) is 4.43. The highest BCUT2D eigenvalue weighted by Crippen LogP contribution is 2.43. The maximum atomic E-state index is 13.0. The molecule has 1 aromatic carbocycles. The Hall–Kier alpha value is -3.12. The van der Waals surface area contributed by atoms with Crippen molar-refractivity contribution in [2.24, 2.45) is 5.41 Å². The highest BCUT2D eigenvalue weighted by atomic mass is 16.5. The molecule has 2 aromatic heterocycles. The third-order valence-corrected chi connectivity index (χ3v) is 5.08. The van der Waals surface area contributed by atoms with Gasteiger partial charge >= 0.3 is 0 Å². The minimum absolute atomic E-state index is 0.0422. The second kappa shape index (κ2) is 7.72. The number of carbonyl (C=O) groups excluding carboxylic acids is 1. The predicted molar refractivity (Wildman–Crippen MR) is 113 cm³/mol. The summed E-state index contributed by atoms with van der Waals surface area (Å²) >= 11 is 0. The van der Waals surface area contributed by atoms with Gasteiger partial charge in [0, 0.05) is 41.8 Å². The standard InChI is InChI=1S/C23H25N3O3/c1-23(2)13-18-20(19(28)14-23)22(21(26-18)15-6-8-24-9-7-15)25-16-4-3-5-17(12-16)29-11-10-27/h3-9,12,25-27H,10-11,13-14H2,1-2H3. The van der Waals surface area contributed by atoms with E-state index in [9.17, 15) is 4.79 Å². The number of carbonyl (C=O) groups is 1. The van der Waals surface area contributed by atoms with Crippen molar-refractivity contribution >= 4 is 17.2 Å². The first-order valence-electron chi connectivity index (χ1n) is 9.76. The number of benzene rings is 1. The van der Waals surface area contributed by atoms with Gasteiger partial charge in [-0.15, -0.1) is 0 Å². The summed E-state index contributed by atoms with van der Waals surface area (Å²) in [5.74, 6) is 0.800. The van der Waals surface area contributed by atoms with Gasteiger partial charge in [0.2, 0.25) is 0 Å². The Kier molecular flexibility index (Phi) is 5.11.